The van der Waals surface area contributed by atoms with Gasteiger partial charge in [0.2, 0.25) is 0 Å². The summed E-state index contributed by atoms with van der Waals surface area (Å²) < 4.78 is 57.9. The van der Waals surface area contributed by atoms with E-state index in [9.17, 15) is 38.0 Å². The molecular weight excluding hydrogens is 611 g/mol. The van der Waals surface area contributed by atoms with E-state index >= 15 is 0 Å². The van der Waals surface area contributed by atoms with E-state index in [-0.39, 0.29) is 35.5 Å². The Bertz CT molecular complexity index is 1480. The van der Waals surface area contributed by atoms with Crippen molar-refractivity contribution in [3.63, 3.8) is 0 Å². The van der Waals surface area contributed by atoms with Crippen LogP contribution in [0.1, 0.15) is 51.2 Å². The Labute approximate surface area is 264 Å². The molecule has 0 saturated carbocycles. The summed E-state index contributed by atoms with van der Waals surface area (Å²) in [5.74, 6) is -5.52. The molecule has 0 fully saturated rings. The number of nitro groups is 1. The molecule has 0 spiro atoms. The number of nitro benzene ring substituents is 1. The highest BCUT2D eigenvalue weighted by atomic mass is 19.4. The second kappa shape index (κ2) is 14.9. The molecule has 11 nitrogen and oxygen atoms in total. The van der Waals surface area contributed by atoms with Crippen molar-refractivity contribution in [2.45, 2.75) is 64.8 Å². The van der Waals surface area contributed by atoms with Crippen molar-refractivity contribution in [2.24, 2.45) is 22.1 Å². The third-order valence-corrected chi connectivity index (χ3v) is 7.62. The Morgan fingerprint density at radius 3 is 2.35 bits per heavy atom. The standard InChI is InChI=1S/C32H38F3N3O8/c1-18-24(25(20-9-6-10-21(16-20)38(42)43)26(29(40)44-5)28(37-18)32(33,34)35)30(41)45-15-7-8-19-11-13-22(14-12-19)46-17-23(39)27(36)31(2,3)4/h6,9-14,16,23,25-27,39H,7-8,15,17,36H2,1-5H3. The molecule has 0 radical (unpaired) electrons. The number of carbonyl (C=O) groups is 2. The molecule has 0 saturated heterocycles. The highest BCUT2D eigenvalue weighted by Gasteiger charge is 2.52. The number of benzene rings is 2. The molecule has 1 heterocycles. The molecule has 3 N–H and O–H groups in total. The van der Waals surface area contributed by atoms with Crippen LogP contribution < -0.4 is 10.5 Å². The Balaban J connectivity index is 1.74. The average molecular weight is 650 g/mol. The first-order valence-corrected chi connectivity index (χ1v) is 14.5. The molecule has 14 heteroatoms. The van der Waals surface area contributed by atoms with Crippen molar-refractivity contribution in [1.82, 2.24) is 0 Å². The first-order valence-electron chi connectivity index (χ1n) is 14.5. The minimum atomic E-state index is -5.06. The molecule has 2 aromatic carbocycles. The van der Waals surface area contributed by atoms with E-state index in [0.29, 0.717) is 18.6 Å². The van der Waals surface area contributed by atoms with Gasteiger partial charge < -0.3 is 25.1 Å². The minimum Gasteiger partial charge on any atom is -0.491 e. The molecule has 4 unspecified atom stereocenters. The number of nitrogens with two attached hydrogens (primary N) is 1. The first-order chi connectivity index (χ1) is 21.4. The number of carbonyl (C=O) groups excluding carboxylic acids is 2. The van der Waals surface area contributed by atoms with Crippen LogP contribution in [0.25, 0.3) is 0 Å². The maximum Gasteiger partial charge on any atom is 0.430 e. The summed E-state index contributed by atoms with van der Waals surface area (Å²) >= 11 is 0. The fourth-order valence-corrected chi connectivity index (χ4v) is 5.07. The van der Waals surface area contributed by atoms with Crippen LogP contribution in [-0.4, -0.2) is 66.3 Å². The zero-order valence-corrected chi connectivity index (χ0v) is 26.2. The number of non-ortho nitro benzene ring substituents is 1. The van der Waals surface area contributed by atoms with Gasteiger partial charge >= 0.3 is 18.1 Å². The lowest BCUT2D eigenvalue weighted by Crippen LogP contribution is -2.47. The van der Waals surface area contributed by atoms with E-state index in [1.54, 1.807) is 24.3 Å². The smallest absolute Gasteiger partial charge is 0.430 e. The van der Waals surface area contributed by atoms with Crippen LogP contribution in [0, 0.1) is 21.4 Å². The van der Waals surface area contributed by atoms with Gasteiger partial charge in [0, 0.05) is 29.8 Å². The minimum absolute atomic E-state index is 0.0195. The molecule has 0 aromatic heterocycles. The molecule has 1 aliphatic rings. The fraction of sp³-hybridized carbons (Fsp3) is 0.469. The average Bonchev–Trinajstić information content (AvgIpc) is 3.00. The summed E-state index contributed by atoms with van der Waals surface area (Å²) in [5.41, 5.74) is 3.97. The maximum atomic E-state index is 14.1. The third kappa shape index (κ3) is 8.91. The van der Waals surface area contributed by atoms with Gasteiger partial charge in [-0.1, -0.05) is 45.0 Å². The summed E-state index contributed by atoms with van der Waals surface area (Å²) in [4.78, 5) is 40.4. The van der Waals surface area contributed by atoms with Gasteiger partial charge in [-0.05, 0) is 48.4 Å². The lowest BCUT2D eigenvalue weighted by molar-refractivity contribution is -0.384. The van der Waals surface area contributed by atoms with Gasteiger partial charge in [-0.3, -0.25) is 19.9 Å². The zero-order chi connectivity index (χ0) is 34.4. The van der Waals surface area contributed by atoms with Crippen molar-refractivity contribution in [2.75, 3.05) is 20.3 Å². The predicted octanol–water partition coefficient (Wildman–Crippen LogP) is 5.05. The van der Waals surface area contributed by atoms with Crippen molar-refractivity contribution in [1.29, 1.82) is 0 Å². The molecule has 4 atom stereocenters. The van der Waals surface area contributed by atoms with Crippen LogP contribution >= 0.6 is 0 Å². The Kier molecular flexibility index (Phi) is 11.7. The molecule has 0 amide bonds. The summed E-state index contributed by atoms with van der Waals surface area (Å²) in [6, 6.07) is 11.2. The molecule has 0 bridgehead atoms. The van der Waals surface area contributed by atoms with Gasteiger partial charge in [0.25, 0.3) is 5.69 Å². The van der Waals surface area contributed by atoms with E-state index < -0.39 is 58.4 Å². The number of halogens is 3. The van der Waals surface area contributed by atoms with Crippen LogP contribution in [-0.2, 0) is 25.5 Å². The van der Waals surface area contributed by atoms with Crippen molar-refractivity contribution in [3.8, 4) is 5.75 Å². The highest BCUT2D eigenvalue weighted by Crippen LogP contribution is 2.44. The number of allylic oxidation sites excluding steroid dienone is 1. The quantitative estimate of drug-likeness (QED) is 0.139. The van der Waals surface area contributed by atoms with Crippen LogP contribution in [0.3, 0.4) is 0 Å². The second-order valence-electron chi connectivity index (χ2n) is 12.0. The Hall–Kier alpha value is -4.30. The zero-order valence-electron chi connectivity index (χ0n) is 26.2. The molecular formula is C32H38F3N3O8. The lowest BCUT2D eigenvalue weighted by atomic mass is 9.75. The van der Waals surface area contributed by atoms with Crippen LogP contribution in [0.4, 0.5) is 18.9 Å². The van der Waals surface area contributed by atoms with Gasteiger partial charge in [0.1, 0.15) is 30.1 Å². The monoisotopic (exact) mass is 649 g/mol. The van der Waals surface area contributed by atoms with E-state index in [0.717, 1.165) is 24.8 Å². The summed E-state index contributed by atoms with van der Waals surface area (Å²) in [6.45, 7) is 6.85. The van der Waals surface area contributed by atoms with Gasteiger partial charge in [-0.2, -0.15) is 13.2 Å². The number of methoxy groups -OCH3 is 1. The first kappa shape index (κ1) is 36.2. The Morgan fingerprint density at radius 2 is 1.78 bits per heavy atom. The number of nitrogens with zero attached hydrogens (tertiary/aromatic N) is 2. The maximum absolute atomic E-state index is 14.1. The number of hydrogen-bond acceptors (Lipinski definition) is 10. The van der Waals surface area contributed by atoms with Crippen molar-refractivity contribution in [3.05, 3.63) is 81.0 Å². The summed E-state index contributed by atoms with van der Waals surface area (Å²) in [5, 5.41) is 21.7. The van der Waals surface area contributed by atoms with E-state index in [4.69, 9.17) is 15.2 Å². The number of ether oxygens (including phenoxy) is 3. The molecule has 250 valence electrons. The number of hydrogen-bond donors (Lipinski definition) is 2. The van der Waals surface area contributed by atoms with Crippen LogP contribution in [0.2, 0.25) is 0 Å². The number of aliphatic imine (C=N–C) groups is 1. The second-order valence-corrected chi connectivity index (χ2v) is 12.0. The van der Waals surface area contributed by atoms with Crippen molar-refractivity contribution < 1.29 is 47.0 Å². The SMILES string of the molecule is COC(=O)C1C(C(F)(F)F)=NC(C)=C(C(=O)OCCCc2ccc(OCC(O)C(N)C(C)(C)C)cc2)C1c1cccc([N+](=O)[O-])c1. The van der Waals surface area contributed by atoms with E-state index in [1.165, 1.54) is 19.1 Å². The molecule has 46 heavy (non-hydrogen) atoms. The predicted molar refractivity (Wildman–Crippen MR) is 162 cm³/mol. The van der Waals surface area contributed by atoms with Gasteiger partial charge in [-0.15, -0.1) is 0 Å². The Morgan fingerprint density at radius 1 is 1.13 bits per heavy atom. The van der Waals surface area contributed by atoms with E-state index in [1.807, 2.05) is 20.8 Å². The fourth-order valence-electron chi connectivity index (χ4n) is 5.07. The molecule has 3 rings (SSSR count). The third-order valence-electron chi connectivity index (χ3n) is 7.62. The number of aryl methyl sites for hydroxylation is 1. The van der Waals surface area contributed by atoms with Gasteiger partial charge in [-0.25, -0.2) is 4.79 Å². The normalized spacial score (nSPS) is 18.3. The van der Waals surface area contributed by atoms with Crippen LogP contribution in [0.15, 0.2) is 64.8 Å². The summed E-state index contributed by atoms with van der Waals surface area (Å²) in [7, 11) is 0.897. The number of alkyl halides is 3. The number of aliphatic hydroxyl groups is 1. The number of esters is 2. The topological polar surface area (TPSA) is 164 Å². The van der Waals surface area contributed by atoms with Crippen molar-refractivity contribution >= 4 is 23.3 Å². The largest absolute Gasteiger partial charge is 0.491 e. The summed E-state index contributed by atoms with van der Waals surface area (Å²) in [6.07, 6.45) is -5.11. The molecule has 0 aliphatic carbocycles. The number of aliphatic hydroxyl groups excluding tert-OH is 1. The van der Waals surface area contributed by atoms with Crippen LogP contribution in [0.5, 0.6) is 5.75 Å². The lowest BCUT2D eigenvalue weighted by Gasteiger charge is -2.32. The molecule has 2 aromatic rings. The highest BCUT2D eigenvalue weighted by molar-refractivity contribution is 6.10. The van der Waals surface area contributed by atoms with Gasteiger partial charge in [0.15, 0.2) is 0 Å². The van der Waals surface area contributed by atoms with Gasteiger partial charge in [0.05, 0.1) is 24.2 Å². The van der Waals surface area contributed by atoms with E-state index in [2.05, 4.69) is 9.73 Å². The number of rotatable bonds is 12. The molecule has 1 aliphatic heterocycles.